The van der Waals surface area contributed by atoms with Crippen molar-refractivity contribution in [2.45, 2.75) is 45.4 Å². The van der Waals surface area contributed by atoms with E-state index in [4.69, 9.17) is 54.2 Å². The van der Waals surface area contributed by atoms with Gasteiger partial charge < -0.3 is 42.6 Å². The van der Waals surface area contributed by atoms with Crippen LogP contribution in [-0.4, -0.2) is 124 Å². The third-order valence-electron chi connectivity index (χ3n) is 4.80. The lowest BCUT2D eigenvalue weighted by molar-refractivity contribution is -0.145. The van der Waals surface area contributed by atoms with E-state index in [1.54, 1.807) is 0 Å². The van der Waals surface area contributed by atoms with Crippen LogP contribution in [0.15, 0.2) is 0 Å². The van der Waals surface area contributed by atoms with E-state index in [1.807, 2.05) is 0 Å². The lowest BCUT2D eigenvalue weighted by Gasteiger charge is -2.09. The summed E-state index contributed by atoms with van der Waals surface area (Å²) in [6, 6.07) is 0. The van der Waals surface area contributed by atoms with E-state index in [2.05, 4.69) is 6.92 Å². The fourth-order valence-corrected chi connectivity index (χ4v) is 2.96. The largest absolute Gasteiger partial charge is 0.463 e. The summed E-state index contributed by atoms with van der Waals surface area (Å²) in [6.07, 6.45) is 6.09. The summed E-state index contributed by atoms with van der Waals surface area (Å²) < 4.78 is 48.2. The van der Waals surface area contributed by atoms with Crippen LogP contribution in [0.1, 0.15) is 45.4 Å². The molecule has 0 spiro atoms. The summed E-state index contributed by atoms with van der Waals surface area (Å²) in [5.41, 5.74) is 0. The quantitative estimate of drug-likeness (QED) is 0.0694. The van der Waals surface area contributed by atoms with Crippen LogP contribution in [0.3, 0.4) is 0 Å². The molecule has 0 aromatic heterocycles. The fourth-order valence-electron chi connectivity index (χ4n) is 2.86. The average Bonchev–Trinajstić information content (AvgIpc) is 2.90. The predicted molar refractivity (Wildman–Crippen MR) is 142 cm³/mol. The van der Waals surface area contributed by atoms with Crippen molar-refractivity contribution in [3.63, 3.8) is 0 Å². The number of esters is 1. The summed E-state index contributed by atoms with van der Waals surface area (Å²) in [4.78, 5) is 11.6. The number of halogens is 1. The highest BCUT2D eigenvalue weighted by atomic mass is 35.5. The number of alkyl halides is 1. The Labute approximate surface area is 228 Å². The smallest absolute Gasteiger partial charge is 0.305 e. The van der Waals surface area contributed by atoms with Crippen molar-refractivity contribution >= 4 is 17.6 Å². The van der Waals surface area contributed by atoms with Gasteiger partial charge in [0.25, 0.3) is 0 Å². The van der Waals surface area contributed by atoms with Gasteiger partial charge in [0, 0.05) is 12.3 Å². The fraction of sp³-hybridized carbons (Fsp3) is 0.962. The molecule has 0 rings (SSSR count). The zero-order valence-electron chi connectivity index (χ0n) is 22.9. The van der Waals surface area contributed by atoms with Gasteiger partial charge in [-0.15, -0.1) is 11.6 Å². The number of hydrogen-bond donors (Lipinski definition) is 0. The zero-order valence-corrected chi connectivity index (χ0v) is 23.7. The molecule has 0 aromatic rings. The average molecular weight is 559 g/mol. The Bertz CT molecular complexity index is 446. The summed E-state index contributed by atoms with van der Waals surface area (Å²) in [5, 5.41) is 0. The number of hydrogen-bond acceptors (Lipinski definition) is 10. The molecular formula is C26H51ClO10. The van der Waals surface area contributed by atoms with E-state index in [-0.39, 0.29) is 12.6 Å². The van der Waals surface area contributed by atoms with Gasteiger partial charge in [-0.1, -0.05) is 32.6 Å². The summed E-state index contributed by atoms with van der Waals surface area (Å²) in [5.74, 6) is 0.353. The van der Waals surface area contributed by atoms with Gasteiger partial charge in [-0.25, -0.2) is 0 Å². The molecule has 0 aliphatic rings. The molecule has 0 heterocycles. The van der Waals surface area contributed by atoms with E-state index in [0.29, 0.717) is 118 Å². The van der Waals surface area contributed by atoms with Crippen LogP contribution in [0.4, 0.5) is 0 Å². The van der Waals surface area contributed by atoms with Gasteiger partial charge in [0.2, 0.25) is 0 Å². The second kappa shape index (κ2) is 33.5. The molecule has 0 bridgehead atoms. The topological polar surface area (TPSA) is 100 Å². The molecule has 0 aromatic carbocycles. The van der Waals surface area contributed by atoms with Crippen molar-refractivity contribution in [3.05, 3.63) is 0 Å². The van der Waals surface area contributed by atoms with Crippen LogP contribution in [0.2, 0.25) is 0 Å². The molecule has 0 amide bonds. The highest BCUT2D eigenvalue weighted by Crippen LogP contribution is 2.05. The highest BCUT2D eigenvalue weighted by Gasteiger charge is 2.02. The minimum Gasteiger partial charge on any atom is -0.463 e. The van der Waals surface area contributed by atoms with Crippen LogP contribution in [0.25, 0.3) is 0 Å². The first-order chi connectivity index (χ1) is 18.3. The zero-order chi connectivity index (χ0) is 26.9. The van der Waals surface area contributed by atoms with E-state index in [9.17, 15) is 4.79 Å². The molecule has 0 unspecified atom stereocenters. The van der Waals surface area contributed by atoms with Gasteiger partial charge in [0.15, 0.2) is 0 Å². The monoisotopic (exact) mass is 558 g/mol. The van der Waals surface area contributed by atoms with Crippen LogP contribution in [-0.2, 0) is 47.4 Å². The highest BCUT2D eigenvalue weighted by molar-refractivity contribution is 6.17. The maximum atomic E-state index is 11.6. The number of ether oxygens (including phenoxy) is 9. The molecule has 0 aliphatic heterocycles. The van der Waals surface area contributed by atoms with Gasteiger partial charge in [-0.05, 0) is 6.42 Å². The molecule has 0 N–H and O–H groups in total. The van der Waals surface area contributed by atoms with Crippen molar-refractivity contribution in [2.75, 3.05) is 118 Å². The first-order valence-corrected chi connectivity index (χ1v) is 14.2. The van der Waals surface area contributed by atoms with Crippen molar-refractivity contribution < 1.29 is 47.4 Å². The van der Waals surface area contributed by atoms with Gasteiger partial charge in [-0.3, -0.25) is 4.79 Å². The van der Waals surface area contributed by atoms with Crippen LogP contribution < -0.4 is 0 Å². The number of carbonyl (C=O) groups is 1. The Morgan fingerprint density at radius 1 is 0.459 bits per heavy atom. The summed E-state index contributed by atoms with van der Waals surface area (Å²) in [7, 11) is 0. The van der Waals surface area contributed by atoms with Crippen molar-refractivity contribution in [3.8, 4) is 0 Å². The molecule has 0 radical (unpaired) electrons. The van der Waals surface area contributed by atoms with E-state index in [0.717, 1.165) is 12.8 Å². The first kappa shape index (κ1) is 36.4. The molecule has 10 nitrogen and oxygen atoms in total. The minimum atomic E-state index is -0.144. The maximum absolute atomic E-state index is 11.6. The second-order valence-electron chi connectivity index (χ2n) is 7.97. The Hall–Kier alpha value is -0.560. The van der Waals surface area contributed by atoms with Gasteiger partial charge >= 0.3 is 5.97 Å². The van der Waals surface area contributed by atoms with Crippen LogP contribution in [0.5, 0.6) is 0 Å². The van der Waals surface area contributed by atoms with Crippen LogP contribution in [0, 0.1) is 0 Å². The van der Waals surface area contributed by atoms with Gasteiger partial charge in [-0.2, -0.15) is 0 Å². The Morgan fingerprint density at radius 2 is 0.784 bits per heavy atom. The molecule has 0 atom stereocenters. The molecule has 37 heavy (non-hydrogen) atoms. The predicted octanol–water partition coefficient (Wildman–Crippen LogP) is 3.26. The standard InChI is InChI=1S/C26H51ClO10/c1-2-3-4-5-6-7-26(28)37-25-24-36-23-22-35-21-20-34-19-18-33-17-16-32-15-14-31-13-12-30-11-10-29-9-8-27/h2-25H2,1H3. The normalized spacial score (nSPS) is 11.3. The summed E-state index contributed by atoms with van der Waals surface area (Å²) in [6.45, 7) is 10.5. The van der Waals surface area contributed by atoms with Crippen LogP contribution >= 0.6 is 11.6 Å². The molecule has 11 heteroatoms. The van der Waals surface area contributed by atoms with Crippen molar-refractivity contribution in [2.24, 2.45) is 0 Å². The summed E-state index contributed by atoms with van der Waals surface area (Å²) >= 11 is 5.50. The molecule has 0 aliphatic carbocycles. The van der Waals surface area contributed by atoms with Gasteiger partial charge in [0.1, 0.15) is 6.61 Å². The molecule has 0 saturated carbocycles. The van der Waals surface area contributed by atoms with Crippen molar-refractivity contribution in [1.82, 2.24) is 0 Å². The lowest BCUT2D eigenvalue weighted by atomic mass is 10.1. The third-order valence-corrected chi connectivity index (χ3v) is 4.96. The molecule has 0 saturated heterocycles. The molecule has 0 fully saturated rings. The maximum Gasteiger partial charge on any atom is 0.305 e. The number of carbonyl (C=O) groups excluding carboxylic acids is 1. The van der Waals surface area contributed by atoms with E-state index < -0.39 is 0 Å². The SMILES string of the molecule is CCCCCCCC(=O)OCCOCCOCCOCCOCCOCCOCCOCCOCCCl. The van der Waals surface area contributed by atoms with E-state index in [1.165, 1.54) is 19.3 Å². The molecule has 222 valence electrons. The number of rotatable bonds is 32. The number of unbranched alkanes of at least 4 members (excludes halogenated alkanes) is 4. The lowest BCUT2D eigenvalue weighted by Crippen LogP contribution is -2.15. The van der Waals surface area contributed by atoms with Crippen molar-refractivity contribution in [1.29, 1.82) is 0 Å². The third kappa shape index (κ3) is 33.4. The minimum absolute atomic E-state index is 0.144. The Kier molecular flexibility index (Phi) is 33.0. The van der Waals surface area contributed by atoms with Gasteiger partial charge in [0.05, 0.1) is 106 Å². The first-order valence-electron chi connectivity index (χ1n) is 13.6. The second-order valence-corrected chi connectivity index (χ2v) is 8.35. The van der Waals surface area contributed by atoms with E-state index >= 15 is 0 Å². The Morgan fingerprint density at radius 3 is 1.14 bits per heavy atom. The molecular weight excluding hydrogens is 508 g/mol. The Balaban J connectivity index is 3.08.